The van der Waals surface area contributed by atoms with Crippen molar-refractivity contribution in [2.75, 3.05) is 19.5 Å². The summed E-state index contributed by atoms with van der Waals surface area (Å²) in [5, 5.41) is 5.95. The molecular formula is C14H13ClN2O3S. The quantitative estimate of drug-likeness (QED) is 0.878. The second kappa shape index (κ2) is 6.71. The van der Waals surface area contributed by atoms with Crippen LogP contribution in [0.3, 0.4) is 0 Å². The average molecular weight is 325 g/mol. The Morgan fingerprint density at radius 1 is 1.33 bits per heavy atom. The third-order valence-corrected chi connectivity index (χ3v) is 3.96. The Balaban J connectivity index is 2.23. The van der Waals surface area contributed by atoms with Crippen molar-refractivity contribution in [1.29, 1.82) is 0 Å². The van der Waals surface area contributed by atoms with Crippen LogP contribution in [-0.4, -0.2) is 31.0 Å². The van der Waals surface area contributed by atoms with E-state index >= 15 is 0 Å². The summed E-state index contributed by atoms with van der Waals surface area (Å²) in [6.45, 7) is 0. The Kier molecular flexibility index (Phi) is 4.95. The summed E-state index contributed by atoms with van der Waals surface area (Å²) in [6.07, 6.45) is 0. The van der Waals surface area contributed by atoms with Crippen molar-refractivity contribution in [2.24, 2.45) is 0 Å². The highest BCUT2D eigenvalue weighted by atomic mass is 35.5. The van der Waals surface area contributed by atoms with Gasteiger partial charge in [0.2, 0.25) is 0 Å². The van der Waals surface area contributed by atoms with E-state index in [1.807, 2.05) is 5.38 Å². The number of nitrogens with one attached hydrogen (secondary N) is 1. The fraction of sp³-hybridized carbons (Fsp3) is 0.143. The first kappa shape index (κ1) is 15.5. The lowest BCUT2D eigenvalue weighted by Gasteiger charge is -2.14. The van der Waals surface area contributed by atoms with Crippen molar-refractivity contribution in [2.45, 2.75) is 0 Å². The van der Waals surface area contributed by atoms with Crippen LogP contribution in [0.4, 0.5) is 5.69 Å². The zero-order valence-electron chi connectivity index (χ0n) is 11.4. The van der Waals surface area contributed by atoms with E-state index in [1.165, 1.54) is 31.6 Å². The molecular weight excluding hydrogens is 312 g/mol. The molecule has 0 fully saturated rings. The number of anilines is 1. The van der Waals surface area contributed by atoms with Crippen LogP contribution in [0.5, 0.6) is 0 Å². The molecule has 0 aliphatic heterocycles. The van der Waals surface area contributed by atoms with Gasteiger partial charge in [0.25, 0.3) is 11.8 Å². The predicted molar refractivity (Wildman–Crippen MR) is 82.8 cm³/mol. The molecule has 2 amide bonds. The number of rotatable bonds is 4. The van der Waals surface area contributed by atoms with E-state index in [-0.39, 0.29) is 11.8 Å². The summed E-state index contributed by atoms with van der Waals surface area (Å²) in [7, 11) is 2.90. The van der Waals surface area contributed by atoms with Crippen LogP contribution in [0.1, 0.15) is 20.0 Å². The zero-order valence-corrected chi connectivity index (χ0v) is 13.0. The number of carbonyl (C=O) groups is 2. The minimum absolute atomic E-state index is 0.267. The lowest BCUT2D eigenvalue weighted by Crippen LogP contribution is -2.25. The van der Waals surface area contributed by atoms with Crippen LogP contribution >= 0.6 is 22.9 Å². The molecule has 0 bridgehead atoms. The highest BCUT2D eigenvalue weighted by Crippen LogP contribution is 2.25. The predicted octanol–water partition coefficient (Wildman–Crippen LogP) is 3.29. The third kappa shape index (κ3) is 3.60. The fourth-order valence-corrected chi connectivity index (χ4v) is 2.39. The molecule has 1 aromatic heterocycles. The van der Waals surface area contributed by atoms with E-state index in [9.17, 15) is 9.59 Å². The smallest absolute Gasteiger partial charge is 0.277 e. The molecule has 21 heavy (non-hydrogen) atoms. The van der Waals surface area contributed by atoms with Gasteiger partial charge >= 0.3 is 0 Å². The number of amides is 2. The highest BCUT2D eigenvalue weighted by Gasteiger charge is 2.15. The van der Waals surface area contributed by atoms with Crippen molar-refractivity contribution in [3.05, 3.63) is 51.2 Å². The van der Waals surface area contributed by atoms with E-state index in [0.717, 1.165) is 5.06 Å². The Bertz CT molecular complexity index is 658. The number of hydrogen-bond acceptors (Lipinski definition) is 4. The van der Waals surface area contributed by atoms with E-state index in [1.54, 1.807) is 24.3 Å². The first-order valence-corrected chi connectivity index (χ1v) is 7.25. The largest absolute Gasteiger partial charge is 0.320 e. The second-order valence-corrected chi connectivity index (χ2v) is 5.47. The van der Waals surface area contributed by atoms with E-state index in [0.29, 0.717) is 21.2 Å². The number of hydrogen-bond donors (Lipinski definition) is 1. The first-order valence-electron chi connectivity index (χ1n) is 5.99. The van der Waals surface area contributed by atoms with Crippen LogP contribution < -0.4 is 5.32 Å². The number of carbonyl (C=O) groups excluding carboxylic acids is 2. The number of halogens is 1. The van der Waals surface area contributed by atoms with Gasteiger partial charge in [-0.25, -0.2) is 5.06 Å². The van der Waals surface area contributed by atoms with E-state index in [4.69, 9.17) is 16.4 Å². The standard InChI is InChI=1S/C14H13ClN2O3S/c1-17(20-2)14(19)9-5-6-10(15)11(8-9)16-13(18)12-4-3-7-21-12/h3-8H,1-2H3,(H,16,18). The summed E-state index contributed by atoms with van der Waals surface area (Å²) >= 11 is 7.38. The van der Waals surface area contributed by atoms with Crippen LogP contribution in [0.25, 0.3) is 0 Å². The molecule has 0 radical (unpaired) electrons. The molecule has 0 atom stereocenters. The van der Waals surface area contributed by atoms with Gasteiger partial charge in [-0.3, -0.25) is 14.4 Å². The van der Waals surface area contributed by atoms with Crippen molar-refractivity contribution in [3.63, 3.8) is 0 Å². The lowest BCUT2D eigenvalue weighted by atomic mass is 10.2. The normalized spacial score (nSPS) is 10.2. The number of nitrogens with zero attached hydrogens (tertiary/aromatic N) is 1. The van der Waals surface area contributed by atoms with Gasteiger partial charge in [-0.1, -0.05) is 17.7 Å². The summed E-state index contributed by atoms with van der Waals surface area (Å²) in [4.78, 5) is 29.4. The topological polar surface area (TPSA) is 58.6 Å². The molecule has 0 aliphatic rings. The Labute approximate surface area is 131 Å². The maximum Gasteiger partial charge on any atom is 0.277 e. The Morgan fingerprint density at radius 3 is 2.71 bits per heavy atom. The van der Waals surface area contributed by atoms with Crippen LogP contribution in [0, 0.1) is 0 Å². The summed E-state index contributed by atoms with van der Waals surface area (Å²) in [5.41, 5.74) is 0.746. The van der Waals surface area contributed by atoms with Gasteiger partial charge < -0.3 is 5.32 Å². The molecule has 1 aromatic carbocycles. The molecule has 0 saturated heterocycles. The van der Waals surface area contributed by atoms with E-state index in [2.05, 4.69) is 5.32 Å². The molecule has 5 nitrogen and oxygen atoms in total. The lowest BCUT2D eigenvalue weighted by molar-refractivity contribution is -0.0756. The molecule has 7 heteroatoms. The molecule has 0 unspecified atom stereocenters. The van der Waals surface area contributed by atoms with Crippen molar-refractivity contribution in [1.82, 2.24) is 5.06 Å². The zero-order chi connectivity index (χ0) is 15.4. The molecule has 110 valence electrons. The van der Waals surface area contributed by atoms with Gasteiger partial charge in [0.05, 0.1) is 22.7 Å². The highest BCUT2D eigenvalue weighted by molar-refractivity contribution is 7.12. The van der Waals surface area contributed by atoms with Crippen LogP contribution in [0.2, 0.25) is 5.02 Å². The minimum Gasteiger partial charge on any atom is -0.320 e. The number of hydroxylamine groups is 2. The third-order valence-electron chi connectivity index (χ3n) is 2.77. The molecule has 0 aliphatic carbocycles. The van der Waals surface area contributed by atoms with Crippen molar-refractivity contribution < 1.29 is 14.4 Å². The minimum atomic E-state index is -0.333. The summed E-state index contributed by atoms with van der Waals surface area (Å²) in [5.74, 6) is -0.600. The van der Waals surface area contributed by atoms with Crippen LogP contribution in [-0.2, 0) is 4.84 Å². The Hall–Kier alpha value is -1.89. The fourth-order valence-electron chi connectivity index (χ4n) is 1.61. The van der Waals surface area contributed by atoms with Gasteiger partial charge in [-0.15, -0.1) is 11.3 Å². The van der Waals surface area contributed by atoms with Crippen molar-refractivity contribution >= 4 is 40.4 Å². The molecule has 2 aromatic rings. The van der Waals surface area contributed by atoms with E-state index < -0.39 is 0 Å². The Morgan fingerprint density at radius 2 is 2.10 bits per heavy atom. The molecule has 0 saturated carbocycles. The first-order chi connectivity index (χ1) is 10.0. The number of thiophene rings is 1. The number of benzene rings is 1. The maximum atomic E-state index is 12.0. The summed E-state index contributed by atoms with van der Waals surface area (Å²) in [6, 6.07) is 8.14. The van der Waals surface area contributed by atoms with Gasteiger partial charge in [0, 0.05) is 12.6 Å². The molecule has 0 spiro atoms. The maximum absolute atomic E-state index is 12.0. The molecule has 1 N–H and O–H groups in total. The second-order valence-electron chi connectivity index (χ2n) is 4.11. The van der Waals surface area contributed by atoms with Gasteiger partial charge in [-0.05, 0) is 29.6 Å². The summed E-state index contributed by atoms with van der Waals surface area (Å²) < 4.78 is 0. The SMILES string of the molecule is CON(C)C(=O)c1ccc(Cl)c(NC(=O)c2cccs2)c1. The molecule has 2 rings (SSSR count). The monoisotopic (exact) mass is 324 g/mol. The van der Waals surface area contributed by atoms with Gasteiger partial charge in [-0.2, -0.15) is 0 Å². The van der Waals surface area contributed by atoms with Gasteiger partial charge in [0.15, 0.2) is 0 Å². The van der Waals surface area contributed by atoms with Crippen LogP contribution in [0.15, 0.2) is 35.7 Å². The average Bonchev–Trinajstić information content (AvgIpc) is 3.02. The van der Waals surface area contributed by atoms with Gasteiger partial charge in [0.1, 0.15) is 0 Å². The molecule has 1 heterocycles. The van der Waals surface area contributed by atoms with Crippen molar-refractivity contribution in [3.8, 4) is 0 Å².